The molecule has 49 heavy (non-hydrogen) atoms. The number of rotatable bonds is 6. The Balaban J connectivity index is 1.26. The molecule has 4 heteroatoms. The molecule has 7 aromatic carbocycles. The highest BCUT2D eigenvalue weighted by Gasteiger charge is 2.15. The van der Waals surface area contributed by atoms with Crippen LogP contribution in [0.2, 0.25) is 0 Å². The maximum atomic E-state index is 9.51. The zero-order valence-electron chi connectivity index (χ0n) is 36.6. The molecule has 0 radical (unpaired) electrons. The van der Waals surface area contributed by atoms with Gasteiger partial charge in [0.2, 0.25) is 0 Å². The Labute approximate surface area is 304 Å². The average Bonchev–Trinajstić information content (AvgIpc) is 3.70. The Morgan fingerprint density at radius 1 is 0.347 bits per heavy atom. The Morgan fingerprint density at radius 3 is 1.27 bits per heavy atom. The standard InChI is InChI=1S/C45H29N3S/c1-4-10-30(11-5-1)33-16-20-35(21-17-33)43-46-44(36-22-18-34(19-23-36)31-12-6-2-7-13-31)48-45(47-43)38-25-27-40-39-26-24-37(32-14-8-3-9-15-32)28-41(39)49-42(40)29-38/h1-29H/i3D,8D,9D,14D,15D,24D,25D,26D,27D,28D,29D. The van der Waals surface area contributed by atoms with Crippen LogP contribution in [-0.2, 0) is 0 Å². The van der Waals surface area contributed by atoms with E-state index in [1.165, 1.54) is 0 Å². The molecular formula is C45H29N3S. The molecule has 0 unspecified atom stereocenters. The molecule has 2 heterocycles. The predicted molar refractivity (Wildman–Crippen MR) is 205 cm³/mol. The molecule has 0 aliphatic heterocycles. The summed E-state index contributed by atoms with van der Waals surface area (Å²) in [7, 11) is 0. The van der Waals surface area contributed by atoms with Gasteiger partial charge in [-0.05, 0) is 45.5 Å². The maximum Gasteiger partial charge on any atom is 0.164 e. The second-order valence-electron chi connectivity index (χ2n) is 11.2. The molecule has 2 aromatic heterocycles. The third-order valence-corrected chi connectivity index (χ3v) is 9.14. The van der Waals surface area contributed by atoms with Gasteiger partial charge in [0.05, 0.1) is 15.1 Å². The lowest BCUT2D eigenvalue weighted by atomic mass is 10.0. The van der Waals surface area contributed by atoms with Gasteiger partial charge in [0, 0.05) is 36.9 Å². The number of nitrogens with zero attached hydrogens (tertiary/aromatic N) is 3. The van der Waals surface area contributed by atoms with Crippen molar-refractivity contribution < 1.29 is 15.1 Å². The SMILES string of the molecule is [2H]c1c([2H])c([2H])c(-c2c([2H])c([2H])c3c(sc4c([2H])c(-c5nc(-c6ccc(-c7ccccc7)cc6)nc(-c6ccc(-c7ccccc7)cc6)n5)c([2H])c([2H])c43)c2[2H])c([2H])c1[2H]. The van der Waals surface area contributed by atoms with Crippen molar-refractivity contribution >= 4 is 31.5 Å². The highest BCUT2D eigenvalue weighted by atomic mass is 32.1. The Bertz CT molecular complexity index is 3060. The van der Waals surface area contributed by atoms with Crippen LogP contribution in [-0.4, -0.2) is 15.0 Å². The minimum absolute atomic E-state index is 0.00583. The van der Waals surface area contributed by atoms with E-state index in [9.17, 15) is 5.48 Å². The summed E-state index contributed by atoms with van der Waals surface area (Å²) < 4.78 is 96.9. The molecule has 0 fully saturated rings. The fraction of sp³-hybridized carbons (Fsp3) is 0. The summed E-state index contributed by atoms with van der Waals surface area (Å²) in [4.78, 5) is 14.5. The molecular weight excluding hydrogens is 615 g/mol. The van der Waals surface area contributed by atoms with Crippen molar-refractivity contribution in [2.75, 3.05) is 0 Å². The van der Waals surface area contributed by atoms with Gasteiger partial charge in [-0.2, -0.15) is 0 Å². The van der Waals surface area contributed by atoms with Gasteiger partial charge in [-0.3, -0.25) is 0 Å². The lowest BCUT2D eigenvalue weighted by Gasteiger charge is -2.10. The third-order valence-electron chi connectivity index (χ3n) is 8.12. The number of fused-ring (bicyclic) bond motifs is 3. The van der Waals surface area contributed by atoms with Gasteiger partial charge in [-0.15, -0.1) is 11.3 Å². The van der Waals surface area contributed by atoms with Crippen molar-refractivity contribution in [2.24, 2.45) is 0 Å². The number of benzene rings is 7. The zero-order chi connectivity index (χ0) is 42.1. The molecule has 0 bridgehead atoms. The minimum atomic E-state index is -0.645. The first-order valence-electron chi connectivity index (χ1n) is 21.0. The fourth-order valence-electron chi connectivity index (χ4n) is 5.63. The first kappa shape index (κ1) is 19.6. The van der Waals surface area contributed by atoms with Crippen molar-refractivity contribution in [3.8, 4) is 67.5 Å². The second-order valence-corrected chi connectivity index (χ2v) is 12.2. The highest BCUT2D eigenvalue weighted by Crippen LogP contribution is 2.38. The summed E-state index contributed by atoms with van der Waals surface area (Å²) in [6.45, 7) is 0. The van der Waals surface area contributed by atoms with Crippen LogP contribution in [0.4, 0.5) is 0 Å². The molecule has 0 atom stereocenters. The third kappa shape index (κ3) is 5.69. The molecule has 0 spiro atoms. The van der Waals surface area contributed by atoms with Crippen LogP contribution in [0.1, 0.15) is 15.1 Å². The van der Waals surface area contributed by atoms with Gasteiger partial charge < -0.3 is 0 Å². The van der Waals surface area contributed by atoms with E-state index in [2.05, 4.69) is 0 Å². The summed E-state index contributed by atoms with van der Waals surface area (Å²) in [6.07, 6.45) is 0. The van der Waals surface area contributed by atoms with Gasteiger partial charge in [-0.25, -0.2) is 15.0 Å². The monoisotopic (exact) mass is 654 g/mol. The maximum absolute atomic E-state index is 9.51. The summed E-state index contributed by atoms with van der Waals surface area (Å²) in [6, 6.07) is 29.5. The Hall–Kier alpha value is -6.23. The number of hydrogen-bond donors (Lipinski definition) is 0. The largest absolute Gasteiger partial charge is 0.208 e. The van der Waals surface area contributed by atoms with Crippen LogP contribution < -0.4 is 0 Å². The average molecular weight is 655 g/mol. The van der Waals surface area contributed by atoms with Crippen LogP contribution in [0.15, 0.2) is 176 Å². The second kappa shape index (κ2) is 12.4. The fourth-order valence-corrected chi connectivity index (χ4v) is 6.65. The van der Waals surface area contributed by atoms with E-state index in [0.29, 0.717) is 11.1 Å². The van der Waals surface area contributed by atoms with E-state index >= 15 is 0 Å². The van der Waals surface area contributed by atoms with Crippen molar-refractivity contribution in [3.63, 3.8) is 0 Å². The quantitative estimate of drug-likeness (QED) is 0.179. The molecule has 0 aliphatic carbocycles. The molecule has 0 aliphatic rings. The summed E-state index contributed by atoms with van der Waals surface area (Å²) >= 11 is 0.896. The van der Waals surface area contributed by atoms with Crippen LogP contribution in [0.3, 0.4) is 0 Å². The van der Waals surface area contributed by atoms with Crippen LogP contribution >= 0.6 is 11.3 Å². The van der Waals surface area contributed by atoms with Gasteiger partial charge in [0.25, 0.3) is 0 Å². The molecule has 3 nitrogen and oxygen atoms in total. The van der Waals surface area contributed by atoms with E-state index in [4.69, 9.17) is 24.5 Å². The summed E-state index contributed by atoms with van der Waals surface area (Å²) in [5, 5.41) is 0.0181. The molecule has 0 saturated carbocycles. The first-order valence-corrected chi connectivity index (χ1v) is 16.3. The molecule has 230 valence electrons. The molecule has 0 amide bonds. The molecule has 9 rings (SSSR count). The van der Waals surface area contributed by atoms with Crippen LogP contribution in [0, 0.1) is 0 Å². The van der Waals surface area contributed by atoms with Gasteiger partial charge in [0.15, 0.2) is 17.5 Å². The van der Waals surface area contributed by atoms with E-state index in [1.54, 1.807) is 0 Å². The number of thiophene rings is 1. The van der Waals surface area contributed by atoms with Crippen molar-refractivity contribution in [1.29, 1.82) is 0 Å². The zero-order valence-corrected chi connectivity index (χ0v) is 26.5. The lowest BCUT2D eigenvalue weighted by molar-refractivity contribution is 1.07. The summed E-state index contributed by atoms with van der Waals surface area (Å²) in [5.74, 6) is 0.510. The van der Waals surface area contributed by atoms with Gasteiger partial charge in [0.1, 0.15) is 0 Å². The van der Waals surface area contributed by atoms with E-state index in [1.807, 2.05) is 109 Å². The van der Waals surface area contributed by atoms with Crippen LogP contribution in [0.25, 0.3) is 87.7 Å². The minimum Gasteiger partial charge on any atom is -0.208 e. The Kier molecular flexibility index (Phi) is 4.96. The van der Waals surface area contributed by atoms with Crippen molar-refractivity contribution in [1.82, 2.24) is 15.0 Å². The molecule has 9 aromatic rings. The summed E-state index contributed by atoms with van der Waals surface area (Å²) in [5.41, 5.74) is 4.53. The van der Waals surface area contributed by atoms with Gasteiger partial charge >= 0.3 is 0 Å². The van der Waals surface area contributed by atoms with Crippen molar-refractivity contribution in [3.05, 3.63) is 176 Å². The first-order chi connectivity index (χ1) is 28.8. The van der Waals surface area contributed by atoms with Crippen molar-refractivity contribution in [2.45, 2.75) is 0 Å². The van der Waals surface area contributed by atoms with Gasteiger partial charge in [-0.1, -0.05) is 164 Å². The normalized spacial score (nSPS) is 14.4. The van der Waals surface area contributed by atoms with E-state index in [0.717, 1.165) is 33.6 Å². The Morgan fingerprint density at radius 2 is 0.755 bits per heavy atom. The van der Waals surface area contributed by atoms with E-state index < -0.39 is 48.3 Å². The topological polar surface area (TPSA) is 38.7 Å². The van der Waals surface area contributed by atoms with E-state index in [-0.39, 0.29) is 72.5 Å². The number of hydrogen-bond acceptors (Lipinski definition) is 4. The smallest absolute Gasteiger partial charge is 0.164 e. The van der Waals surface area contributed by atoms with Crippen LogP contribution in [0.5, 0.6) is 0 Å². The molecule has 0 N–H and O–H groups in total. The predicted octanol–water partition coefficient (Wildman–Crippen LogP) is 12.2. The highest BCUT2D eigenvalue weighted by molar-refractivity contribution is 7.25. The molecule has 0 saturated heterocycles. The number of aromatic nitrogens is 3. The lowest BCUT2D eigenvalue weighted by Crippen LogP contribution is -2.00.